The second-order valence-corrected chi connectivity index (χ2v) is 6.08. The molecule has 0 spiro atoms. The Morgan fingerprint density at radius 1 is 1.42 bits per heavy atom. The number of methoxy groups -OCH3 is 1. The average molecular weight is 281 g/mol. The third-order valence-corrected chi connectivity index (χ3v) is 3.91. The number of carbonyl (C=O) groups is 1. The van der Waals surface area contributed by atoms with E-state index in [1.807, 2.05) is 51.3 Å². The molecule has 1 atom stereocenters. The van der Waals surface area contributed by atoms with Crippen LogP contribution in [-0.2, 0) is 10.3 Å². The van der Waals surface area contributed by atoms with Gasteiger partial charge >= 0.3 is 0 Å². The van der Waals surface area contributed by atoms with E-state index in [0.717, 1.165) is 17.1 Å². The number of thioether (sulfide) groups is 1. The summed E-state index contributed by atoms with van der Waals surface area (Å²) >= 11 is 1.68. The van der Waals surface area contributed by atoms with Crippen LogP contribution in [-0.4, -0.2) is 25.0 Å². The molecule has 0 aliphatic heterocycles. The Morgan fingerprint density at radius 3 is 2.63 bits per heavy atom. The number of benzene rings is 1. The zero-order valence-corrected chi connectivity index (χ0v) is 13.1. The molecule has 1 rings (SSSR count). The molecule has 1 amide bonds. The molecule has 106 valence electrons. The molecule has 4 heteroatoms. The van der Waals surface area contributed by atoms with Gasteiger partial charge < -0.3 is 10.1 Å². The van der Waals surface area contributed by atoms with Crippen molar-refractivity contribution >= 4 is 17.7 Å². The van der Waals surface area contributed by atoms with Crippen LogP contribution in [0.1, 0.15) is 26.3 Å². The van der Waals surface area contributed by atoms with Crippen molar-refractivity contribution in [1.82, 2.24) is 5.32 Å². The lowest BCUT2D eigenvalue weighted by molar-refractivity contribution is -0.125. The second-order valence-electron chi connectivity index (χ2n) is 5.17. The predicted octanol–water partition coefficient (Wildman–Crippen LogP) is 3.05. The summed E-state index contributed by atoms with van der Waals surface area (Å²) in [5.74, 6) is 1.70. The van der Waals surface area contributed by atoms with E-state index >= 15 is 0 Å². The number of amides is 1. The molecular weight excluding hydrogens is 258 g/mol. The zero-order valence-electron chi connectivity index (χ0n) is 12.3. The summed E-state index contributed by atoms with van der Waals surface area (Å²) in [6.45, 7) is 5.94. The van der Waals surface area contributed by atoms with Gasteiger partial charge in [-0.2, -0.15) is 11.8 Å². The van der Waals surface area contributed by atoms with Crippen LogP contribution in [0.2, 0.25) is 0 Å². The normalized spacial score (nSPS) is 12.9. The number of nitrogens with one attached hydrogen (secondary N) is 1. The molecule has 1 aromatic carbocycles. The van der Waals surface area contributed by atoms with Gasteiger partial charge in [-0.1, -0.05) is 25.1 Å². The zero-order chi connectivity index (χ0) is 14.5. The highest BCUT2D eigenvalue weighted by atomic mass is 32.2. The molecule has 0 aliphatic rings. The smallest absolute Gasteiger partial charge is 0.224 e. The van der Waals surface area contributed by atoms with Crippen molar-refractivity contribution in [3.05, 3.63) is 29.8 Å². The number of hydrogen-bond acceptors (Lipinski definition) is 3. The Labute approximate surface area is 120 Å². The summed E-state index contributed by atoms with van der Waals surface area (Å²) in [5.41, 5.74) is 0.540. The van der Waals surface area contributed by atoms with E-state index < -0.39 is 5.54 Å². The first-order valence-corrected chi connectivity index (χ1v) is 7.76. The Balaban J connectivity index is 2.88. The monoisotopic (exact) mass is 281 g/mol. The van der Waals surface area contributed by atoms with E-state index in [1.165, 1.54) is 0 Å². The Bertz CT molecular complexity index is 432. The van der Waals surface area contributed by atoms with Crippen molar-refractivity contribution < 1.29 is 9.53 Å². The van der Waals surface area contributed by atoms with Crippen molar-refractivity contribution in [2.75, 3.05) is 19.1 Å². The molecule has 0 aromatic heterocycles. The summed E-state index contributed by atoms with van der Waals surface area (Å²) in [6, 6.07) is 7.78. The van der Waals surface area contributed by atoms with Crippen LogP contribution in [0.4, 0.5) is 0 Å². The van der Waals surface area contributed by atoms with E-state index in [0.29, 0.717) is 0 Å². The lowest BCUT2D eigenvalue weighted by atomic mass is 9.92. The van der Waals surface area contributed by atoms with Crippen LogP contribution in [0.25, 0.3) is 0 Å². The van der Waals surface area contributed by atoms with Crippen LogP contribution in [0.15, 0.2) is 24.3 Å². The highest BCUT2D eigenvalue weighted by Crippen LogP contribution is 2.29. The van der Waals surface area contributed by atoms with Crippen LogP contribution >= 0.6 is 11.8 Å². The third-order valence-electron chi connectivity index (χ3n) is 3.08. The SMILES string of the molecule is COc1ccccc1C(C)(C)NC(=O)C(C)CSC. The molecule has 0 saturated carbocycles. The highest BCUT2D eigenvalue weighted by Gasteiger charge is 2.27. The van der Waals surface area contributed by atoms with Gasteiger partial charge in [-0.15, -0.1) is 0 Å². The number of para-hydroxylation sites is 1. The lowest BCUT2D eigenvalue weighted by Crippen LogP contribution is -2.44. The average Bonchev–Trinajstić information content (AvgIpc) is 2.38. The fourth-order valence-corrected chi connectivity index (χ4v) is 2.64. The first kappa shape index (κ1) is 15.9. The molecule has 1 unspecified atom stereocenters. The predicted molar refractivity (Wildman–Crippen MR) is 81.7 cm³/mol. The molecule has 1 aromatic rings. The minimum absolute atomic E-state index is 0.00369. The highest BCUT2D eigenvalue weighted by molar-refractivity contribution is 7.98. The molecule has 0 radical (unpaired) electrons. The number of ether oxygens (including phenoxy) is 1. The third kappa shape index (κ3) is 4.16. The maximum Gasteiger partial charge on any atom is 0.224 e. The number of hydrogen-bond donors (Lipinski definition) is 1. The minimum atomic E-state index is -0.448. The molecule has 3 nitrogen and oxygen atoms in total. The minimum Gasteiger partial charge on any atom is -0.496 e. The van der Waals surface area contributed by atoms with Crippen LogP contribution < -0.4 is 10.1 Å². The van der Waals surface area contributed by atoms with Crippen molar-refractivity contribution in [3.8, 4) is 5.75 Å². The van der Waals surface area contributed by atoms with Gasteiger partial charge in [0.05, 0.1) is 12.6 Å². The Morgan fingerprint density at radius 2 is 2.05 bits per heavy atom. The number of carbonyl (C=O) groups excluding carboxylic acids is 1. The molecule has 1 N–H and O–H groups in total. The second kappa shape index (κ2) is 6.85. The molecule has 0 bridgehead atoms. The summed E-state index contributed by atoms with van der Waals surface area (Å²) < 4.78 is 5.37. The number of rotatable bonds is 6. The lowest BCUT2D eigenvalue weighted by Gasteiger charge is -2.29. The van der Waals surface area contributed by atoms with Crippen molar-refractivity contribution in [1.29, 1.82) is 0 Å². The fourth-order valence-electron chi connectivity index (χ4n) is 1.99. The largest absolute Gasteiger partial charge is 0.496 e. The first-order valence-electron chi connectivity index (χ1n) is 6.37. The Hall–Kier alpha value is -1.16. The molecule has 0 saturated heterocycles. The van der Waals surface area contributed by atoms with E-state index in [9.17, 15) is 4.79 Å². The topological polar surface area (TPSA) is 38.3 Å². The Kier molecular flexibility index (Phi) is 5.73. The van der Waals surface area contributed by atoms with Gasteiger partial charge in [-0.05, 0) is 26.2 Å². The van der Waals surface area contributed by atoms with Gasteiger partial charge in [0.25, 0.3) is 0 Å². The molecular formula is C15H23NO2S. The van der Waals surface area contributed by atoms with Crippen LogP contribution in [0.5, 0.6) is 5.75 Å². The van der Waals surface area contributed by atoms with E-state index in [1.54, 1.807) is 18.9 Å². The summed E-state index contributed by atoms with van der Waals surface area (Å²) in [6.07, 6.45) is 2.01. The summed E-state index contributed by atoms with van der Waals surface area (Å²) in [4.78, 5) is 12.2. The van der Waals surface area contributed by atoms with Crippen LogP contribution in [0.3, 0.4) is 0 Å². The van der Waals surface area contributed by atoms with Crippen LogP contribution in [0, 0.1) is 5.92 Å². The fraction of sp³-hybridized carbons (Fsp3) is 0.533. The molecule has 0 fully saturated rings. The summed E-state index contributed by atoms with van der Waals surface area (Å²) in [7, 11) is 1.65. The molecule has 0 heterocycles. The van der Waals surface area contributed by atoms with Gasteiger partial charge in [-0.25, -0.2) is 0 Å². The maximum absolute atomic E-state index is 12.2. The van der Waals surface area contributed by atoms with Crippen molar-refractivity contribution in [2.45, 2.75) is 26.3 Å². The standard InChI is InChI=1S/C15H23NO2S/c1-11(10-19-5)14(17)16-15(2,3)12-8-6-7-9-13(12)18-4/h6-9,11H,10H2,1-5H3,(H,16,17). The molecule has 19 heavy (non-hydrogen) atoms. The van der Waals surface area contributed by atoms with Gasteiger partial charge in [0.15, 0.2) is 0 Å². The van der Waals surface area contributed by atoms with Gasteiger partial charge in [0.2, 0.25) is 5.91 Å². The van der Waals surface area contributed by atoms with Gasteiger partial charge in [0, 0.05) is 17.2 Å². The van der Waals surface area contributed by atoms with Gasteiger partial charge in [0.1, 0.15) is 5.75 Å². The van der Waals surface area contributed by atoms with Crippen molar-refractivity contribution in [2.24, 2.45) is 5.92 Å². The van der Waals surface area contributed by atoms with E-state index in [4.69, 9.17) is 4.74 Å². The van der Waals surface area contributed by atoms with Gasteiger partial charge in [-0.3, -0.25) is 4.79 Å². The quantitative estimate of drug-likeness (QED) is 0.871. The van der Waals surface area contributed by atoms with Crippen molar-refractivity contribution in [3.63, 3.8) is 0 Å². The summed E-state index contributed by atoms with van der Waals surface area (Å²) in [5, 5.41) is 3.10. The van der Waals surface area contributed by atoms with E-state index in [-0.39, 0.29) is 11.8 Å². The first-order chi connectivity index (χ1) is 8.92. The van der Waals surface area contributed by atoms with E-state index in [2.05, 4.69) is 5.32 Å². The maximum atomic E-state index is 12.2. The molecule has 0 aliphatic carbocycles.